The number of carbonyl (C=O) groups is 1. The lowest BCUT2D eigenvalue weighted by molar-refractivity contribution is -0.121. The minimum atomic E-state index is 0. The average Bonchev–Trinajstić information content (AvgIpc) is 2.48. The Morgan fingerprint density at radius 3 is 2.95 bits per heavy atom. The van der Waals surface area contributed by atoms with Crippen molar-refractivity contribution in [3.8, 4) is 5.75 Å². The predicted octanol–water partition coefficient (Wildman–Crippen LogP) is 2.65. The highest BCUT2D eigenvalue weighted by Crippen LogP contribution is 2.23. The Labute approximate surface area is 137 Å². The molecule has 4 nitrogen and oxygen atoms in total. The standard InChI is InChI=1S/C15H21ClN2O2.ClH/c16-13-5-1-2-6-14(13)20-9-7-15(19)18-11-12-4-3-8-17-10-12;/h1-2,5-6,12,17H,3-4,7-11H2,(H,18,19);1H. The van der Waals surface area contributed by atoms with Crippen LogP contribution in [0.15, 0.2) is 24.3 Å². The maximum Gasteiger partial charge on any atom is 0.223 e. The van der Waals surface area contributed by atoms with E-state index in [2.05, 4.69) is 10.6 Å². The molecule has 0 saturated carbocycles. The van der Waals surface area contributed by atoms with Gasteiger partial charge in [0.2, 0.25) is 5.91 Å². The lowest BCUT2D eigenvalue weighted by Gasteiger charge is -2.22. The van der Waals surface area contributed by atoms with Crippen molar-refractivity contribution in [2.45, 2.75) is 19.3 Å². The Morgan fingerprint density at radius 1 is 1.43 bits per heavy atom. The second-order valence-electron chi connectivity index (χ2n) is 5.05. The summed E-state index contributed by atoms with van der Waals surface area (Å²) in [6.45, 7) is 3.18. The highest BCUT2D eigenvalue weighted by atomic mass is 35.5. The van der Waals surface area contributed by atoms with Crippen molar-refractivity contribution in [3.05, 3.63) is 29.3 Å². The van der Waals surface area contributed by atoms with E-state index in [0.717, 1.165) is 19.6 Å². The number of piperidine rings is 1. The minimum Gasteiger partial charge on any atom is -0.491 e. The number of benzene rings is 1. The minimum absolute atomic E-state index is 0. The molecule has 1 aromatic rings. The van der Waals surface area contributed by atoms with Crippen LogP contribution in [-0.4, -0.2) is 32.1 Å². The molecular weight excluding hydrogens is 311 g/mol. The van der Waals surface area contributed by atoms with Crippen LogP contribution in [-0.2, 0) is 4.79 Å². The summed E-state index contributed by atoms with van der Waals surface area (Å²) in [6, 6.07) is 7.28. The second-order valence-corrected chi connectivity index (χ2v) is 5.45. The lowest BCUT2D eigenvalue weighted by Crippen LogP contribution is -2.38. The summed E-state index contributed by atoms with van der Waals surface area (Å²) in [7, 11) is 0. The third-order valence-corrected chi connectivity index (χ3v) is 3.72. The molecule has 1 aliphatic heterocycles. The molecule has 1 saturated heterocycles. The zero-order valence-corrected chi connectivity index (χ0v) is 13.5. The number of carbonyl (C=O) groups excluding carboxylic acids is 1. The van der Waals surface area contributed by atoms with Gasteiger partial charge in [-0.15, -0.1) is 12.4 Å². The largest absolute Gasteiger partial charge is 0.491 e. The Balaban J connectivity index is 0.00000220. The van der Waals surface area contributed by atoms with E-state index < -0.39 is 0 Å². The van der Waals surface area contributed by atoms with Gasteiger partial charge < -0.3 is 15.4 Å². The molecule has 2 rings (SSSR count). The van der Waals surface area contributed by atoms with Crippen LogP contribution < -0.4 is 15.4 Å². The summed E-state index contributed by atoms with van der Waals surface area (Å²) in [6.07, 6.45) is 2.73. The van der Waals surface area contributed by atoms with E-state index in [-0.39, 0.29) is 18.3 Å². The van der Waals surface area contributed by atoms with E-state index >= 15 is 0 Å². The SMILES string of the molecule is Cl.O=C(CCOc1ccccc1Cl)NCC1CCCNC1. The molecule has 0 aromatic heterocycles. The van der Waals surface area contributed by atoms with Crippen LogP contribution in [0.5, 0.6) is 5.75 Å². The van der Waals surface area contributed by atoms with Gasteiger partial charge in [-0.05, 0) is 44.0 Å². The van der Waals surface area contributed by atoms with Gasteiger partial charge in [-0.3, -0.25) is 4.79 Å². The van der Waals surface area contributed by atoms with Crippen molar-refractivity contribution >= 4 is 29.9 Å². The number of halogens is 2. The van der Waals surface area contributed by atoms with Gasteiger partial charge in [0.1, 0.15) is 5.75 Å². The van der Waals surface area contributed by atoms with Gasteiger partial charge >= 0.3 is 0 Å². The van der Waals surface area contributed by atoms with Crippen molar-refractivity contribution in [3.63, 3.8) is 0 Å². The first kappa shape index (κ1) is 18.1. The number of amides is 1. The van der Waals surface area contributed by atoms with Gasteiger partial charge in [0.25, 0.3) is 0 Å². The number of ether oxygens (including phenoxy) is 1. The molecule has 1 aliphatic rings. The van der Waals surface area contributed by atoms with Crippen molar-refractivity contribution < 1.29 is 9.53 Å². The molecule has 1 amide bonds. The van der Waals surface area contributed by atoms with Gasteiger partial charge in [-0.2, -0.15) is 0 Å². The Hall–Kier alpha value is -0.970. The number of hydrogen-bond donors (Lipinski definition) is 2. The van der Waals surface area contributed by atoms with Crippen LogP contribution in [0.4, 0.5) is 0 Å². The molecule has 1 aromatic carbocycles. The Bertz CT molecular complexity index is 437. The Morgan fingerprint density at radius 2 is 2.24 bits per heavy atom. The summed E-state index contributed by atoms with van der Waals surface area (Å²) in [5.74, 6) is 1.21. The quantitative estimate of drug-likeness (QED) is 0.841. The number of para-hydroxylation sites is 1. The number of hydrogen-bond acceptors (Lipinski definition) is 3. The van der Waals surface area contributed by atoms with Gasteiger partial charge in [-0.25, -0.2) is 0 Å². The molecule has 0 aliphatic carbocycles. The summed E-state index contributed by atoms with van der Waals surface area (Å²) in [5, 5.41) is 6.87. The van der Waals surface area contributed by atoms with Crippen molar-refractivity contribution in [1.29, 1.82) is 0 Å². The van der Waals surface area contributed by atoms with Crippen molar-refractivity contribution in [2.24, 2.45) is 5.92 Å². The molecule has 21 heavy (non-hydrogen) atoms. The van der Waals surface area contributed by atoms with Crippen LogP contribution in [0.25, 0.3) is 0 Å². The molecule has 0 radical (unpaired) electrons. The second kappa shape index (κ2) is 9.87. The van der Waals surface area contributed by atoms with Crippen LogP contribution in [0, 0.1) is 5.92 Å². The van der Waals surface area contributed by atoms with E-state index in [1.165, 1.54) is 12.8 Å². The first-order chi connectivity index (χ1) is 9.75. The number of rotatable bonds is 6. The van der Waals surface area contributed by atoms with Crippen LogP contribution >= 0.6 is 24.0 Å². The highest BCUT2D eigenvalue weighted by molar-refractivity contribution is 6.32. The maximum absolute atomic E-state index is 11.7. The van der Waals surface area contributed by atoms with E-state index in [1.54, 1.807) is 12.1 Å². The Kier molecular flexibility index (Phi) is 8.50. The molecule has 6 heteroatoms. The van der Waals surface area contributed by atoms with Crippen LogP contribution in [0.2, 0.25) is 5.02 Å². The molecule has 1 unspecified atom stereocenters. The molecule has 1 fully saturated rings. The number of nitrogens with one attached hydrogen (secondary N) is 2. The van der Waals surface area contributed by atoms with Crippen LogP contribution in [0.3, 0.4) is 0 Å². The summed E-state index contributed by atoms with van der Waals surface area (Å²) >= 11 is 5.97. The predicted molar refractivity (Wildman–Crippen MR) is 87.4 cm³/mol. The van der Waals surface area contributed by atoms with Crippen LogP contribution in [0.1, 0.15) is 19.3 Å². The fourth-order valence-corrected chi connectivity index (χ4v) is 2.45. The molecule has 118 valence electrons. The normalized spacial score (nSPS) is 17.7. The summed E-state index contributed by atoms with van der Waals surface area (Å²) in [4.78, 5) is 11.7. The fourth-order valence-electron chi connectivity index (χ4n) is 2.26. The van der Waals surface area contributed by atoms with E-state index in [0.29, 0.717) is 29.7 Å². The molecule has 2 N–H and O–H groups in total. The van der Waals surface area contributed by atoms with Gasteiger partial charge in [0.05, 0.1) is 18.1 Å². The zero-order chi connectivity index (χ0) is 14.2. The first-order valence-electron chi connectivity index (χ1n) is 7.10. The third kappa shape index (κ3) is 6.55. The first-order valence-corrected chi connectivity index (χ1v) is 7.48. The highest BCUT2D eigenvalue weighted by Gasteiger charge is 2.13. The molecule has 1 atom stereocenters. The maximum atomic E-state index is 11.7. The average molecular weight is 333 g/mol. The van der Waals surface area contributed by atoms with E-state index in [1.807, 2.05) is 12.1 Å². The molecule has 1 heterocycles. The summed E-state index contributed by atoms with van der Waals surface area (Å²) in [5.41, 5.74) is 0. The van der Waals surface area contributed by atoms with Crippen molar-refractivity contribution in [2.75, 3.05) is 26.2 Å². The fraction of sp³-hybridized carbons (Fsp3) is 0.533. The van der Waals surface area contributed by atoms with Gasteiger partial charge in [-0.1, -0.05) is 23.7 Å². The molecule has 0 bridgehead atoms. The van der Waals surface area contributed by atoms with Crippen molar-refractivity contribution in [1.82, 2.24) is 10.6 Å². The molecule has 0 spiro atoms. The van der Waals surface area contributed by atoms with Gasteiger partial charge in [0, 0.05) is 6.54 Å². The lowest BCUT2D eigenvalue weighted by atomic mass is 10.00. The molecular formula is C15H22Cl2N2O2. The monoisotopic (exact) mass is 332 g/mol. The van der Waals surface area contributed by atoms with E-state index in [4.69, 9.17) is 16.3 Å². The third-order valence-electron chi connectivity index (χ3n) is 3.41. The zero-order valence-electron chi connectivity index (χ0n) is 11.9. The topological polar surface area (TPSA) is 50.4 Å². The summed E-state index contributed by atoms with van der Waals surface area (Å²) < 4.78 is 5.49. The smallest absolute Gasteiger partial charge is 0.223 e. The van der Waals surface area contributed by atoms with E-state index in [9.17, 15) is 4.79 Å². The van der Waals surface area contributed by atoms with Gasteiger partial charge in [0.15, 0.2) is 0 Å².